The van der Waals surface area contributed by atoms with Crippen molar-refractivity contribution in [3.63, 3.8) is 0 Å². The summed E-state index contributed by atoms with van der Waals surface area (Å²) in [6, 6.07) is 0. The number of imidazole rings is 1. The molecule has 2 aromatic heterocycles. The summed E-state index contributed by atoms with van der Waals surface area (Å²) in [4.78, 5) is 18.0. The first kappa shape index (κ1) is 11.4. The lowest BCUT2D eigenvalue weighted by molar-refractivity contribution is 0.0695. The van der Waals surface area contributed by atoms with Gasteiger partial charge in [0.2, 0.25) is 0 Å². The molecule has 17 heavy (non-hydrogen) atoms. The minimum absolute atomic E-state index is 0.0913. The predicted octanol–water partition coefficient (Wildman–Crippen LogP) is 1.96. The Kier molecular flexibility index (Phi) is 2.95. The number of aromatic nitrogens is 3. The predicted molar refractivity (Wildman–Crippen MR) is 59.6 cm³/mol. The Morgan fingerprint density at radius 3 is 2.88 bits per heavy atom. The molecule has 6 heteroatoms. The molecule has 0 spiro atoms. The monoisotopic (exact) mass is 235 g/mol. The normalized spacial score (nSPS) is 11.0. The fourth-order valence-corrected chi connectivity index (χ4v) is 1.61. The van der Waals surface area contributed by atoms with Crippen molar-refractivity contribution in [3.8, 4) is 11.5 Å². The second-order valence-electron chi connectivity index (χ2n) is 4.17. The van der Waals surface area contributed by atoms with Crippen LogP contribution in [0.3, 0.4) is 0 Å². The van der Waals surface area contributed by atoms with Crippen LogP contribution in [0.4, 0.5) is 0 Å². The zero-order valence-corrected chi connectivity index (χ0v) is 9.60. The van der Waals surface area contributed by atoms with Gasteiger partial charge in [0, 0.05) is 18.8 Å². The van der Waals surface area contributed by atoms with Crippen LogP contribution in [0.5, 0.6) is 0 Å². The maximum atomic E-state index is 11.2. The van der Waals surface area contributed by atoms with Crippen molar-refractivity contribution in [1.29, 1.82) is 0 Å². The van der Waals surface area contributed by atoms with E-state index in [1.807, 2.05) is 13.8 Å². The van der Waals surface area contributed by atoms with Gasteiger partial charge in [0.25, 0.3) is 0 Å². The molecular formula is C11H13N3O3. The molecule has 0 aliphatic rings. The minimum atomic E-state index is -1.05. The maximum absolute atomic E-state index is 11.2. The molecule has 0 unspecified atom stereocenters. The molecule has 0 radical (unpaired) electrons. The molecule has 0 amide bonds. The molecule has 90 valence electrons. The Balaban J connectivity index is 2.47. The topological polar surface area (TPSA) is 92.0 Å². The number of aromatic amines is 1. The Morgan fingerprint density at radius 2 is 2.35 bits per heavy atom. The van der Waals surface area contributed by atoms with E-state index in [0.717, 1.165) is 0 Å². The van der Waals surface area contributed by atoms with Crippen molar-refractivity contribution in [1.82, 2.24) is 15.1 Å². The second kappa shape index (κ2) is 4.40. The van der Waals surface area contributed by atoms with Crippen LogP contribution in [0.25, 0.3) is 11.5 Å². The van der Waals surface area contributed by atoms with Gasteiger partial charge in [0.15, 0.2) is 17.3 Å². The van der Waals surface area contributed by atoms with Gasteiger partial charge in [0.1, 0.15) is 5.56 Å². The highest BCUT2D eigenvalue weighted by atomic mass is 16.5. The summed E-state index contributed by atoms with van der Waals surface area (Å²) in [5.74, 6) is 0.0406. The van der Waals surface area contributed by atoms with Gasteiger partial charge in [-0.1, -0.05) is 19.0 Å². The Labute approximate surface area is 97.7 Å². The third-order valence-corrected chi connectivity index (χ3v) is 2.29. The number of hydrogen-bond acceptors (Lipinski definition) is 4. The highest BCUT2D eigenvalue weighted by molar-refractivity contribution is 5.94. The van der Waals surface area contributed by atoms with E-state index in [4.69, 9.17) is 4.52 Å². The molecule has 0 aliphatic heterocycles. The van der Waals surface area contributed by atoms with Crippen LogP contribution in [0, 0.1) is 5.92 Å². The van der Waals surface area contributed by atoms with Crippen LogP contribution in [-0.4, -0.2) is 26.2 Å². The van der Waals surface area contributed by atoms with Gasteiger partial charge in [-0.3, -0.25) is 0 Å². The third-order valence-electron chi connectivity index (χ3n) is 2.29. The number of nitrogens with zero attached hydrogens (tertiary/aromatic N) is 2. The number of carboxylic acids is 1. The first-order valence-corrected chi connectivity index (χ1v) is 5.31. The minimum Gasteiger partial charge on any atom is -0.477 e. The molecule has 0 bridgehead atoms. The van der Waals surface area contributed by atoms with Gasteiger partial charge in [-0.05, 0) is 5.92 Å². The molecule has 2 aromatic rings. The molecule has 0 aromatic carbocycles. The van der Waals surface area contributed by atoms with Crippen LogP contribution >= 0.6 is 0 Å². The van der Waals surface area contributed by atoms with Crippen LogP contribution in [-0.2, 0) is 6.42 Å². The number of carbonyl (C=O) groups is 1. The van der Waals surface area contributed by atoms with Gasteiger partial charge in [-0.25, -0.2) is 9.78 Å². The largest absolute Gasteiger partial charge is 0.477 e. The van der Waals surface area contributed by atoms with Gasteiger partial charge < -0.3 is 14.6 Å². The molecule has 0 atom stereocenters. The Hall–Kier alpha value is -2.11. The maximum Gasteiger partial charge on any atom is 0.341 e. The van der Waals surface area contributed by atoms with Crippen LogP contribution in [0.2, 0.25) is 0 Å². The van der Waals surface area contributed by atoms with Crippen molar-refractivity contribution >= 4 is 5.97 Å². The fraction of sp³-hybridized carbons (Fsp3) is 0.364. The summed E-state index contributed by atoms with van der Waals surface area (Å²) in [7, 11) is 0. The smallest absolute Gasteiger partial charge is 0.341 e. The second-order valence-corrected chi connectivity index (χ2v) is 4.17. The number of nitrogens with one attached hydrogen (secondary N) is 1. The Morgan fingerprint density at radius 1 is 1.59 bits per heavy atom. The zero-order chi connectivity index (χ0) is 12.4. The number of H-pyrrole nitrogens is 1. The number of carboxylic acid groups (broad SMARTS) is 1. The van der Waals surface area contributed by atoms with Gasteiger partial charge in [-0.15, -0.1) is 0 Å². The highest BCUT2D eigenvalue weighted by Gasteiger charge is 2.25. The lowest BCUT2D eigenvalue weighted by atomic mass is 10.0. The molecule has 0 saturated heterocycles. The molecule has 0 aliphatic carbocycles. The van der Waals surface area contributed by atoms with Crippen LogP contribution < -0.4 is 0 Å². The van der Waals surface area contributed by atoms with E-state index >= 15 is 0 Å². The highest BCUT2D eigenvalue weighted by Crippen LogP contribution is 2.24. The fourth-order valence-electron chi connectivity index (χ4n) is 1.61. The summed E-state index contributed by atoms with van der Waals surface area (Å²) in [5.41, 5.74) is 0.340. The van der Waals surface area contributed by atoms with Crippen molar-refractivity contribution in [2.45, 2.75) is 20.3 Å². The summed E-state index contributed by atoms with van der Waals surface area (Å²) in [6.07, 6.45) is 3.69. The summed E-state index contributed by atoms with van der Waals surface area (Å²) in [5, 5.41) is 13.0. The number of aromatic carboxylic acids is 1. The van der Waals surface area contributed by atoms with E-state index < -0.39 is 5.97 Å². The number of hydrogen-bond donors (Lipinski definition) is 2. The SMILES string of the molecule is CC(C)Cc1onc(-c2ncc[nH]2)c1C(=O)O. The average molecular weight is 235 g/mol. The van der Waals surface area contributed by atoms with Gasteiger partial charge in [-0.2, -0.15) is 0 Å². The molecule has 2 rings (SSSR count). The van der Waals surface area contributed by atoms with Gasteiger partial charge >= 0.3 is 5.97 Å². The molecular weight excluding hydrogens is 222 g/mol. The van der Waals surface area contributed by atoms with E-state index in [0.29, 0.717) is 23.9 Å². The third kappa shape index (κ3) is 2.20. The quantitative estimate of drug-likeness (QED) is 0.845. The molecule has 0 fully saturated rings. The first-order valence-electron chi connectivity index (χ1n) is 5.31. The summed E-state index contributed by atoms with van der Waals surface area (Å²) < 4.78 is 5.10. The lowest BCUT2D eigenvalue weighted by Gasteiger charge is -2.01. The molecule has 0 saturated carbocycles. The number of rotatable bonds is 4. The van der Waals surface area contributed by atoms with E-state index in [1.165, 1.54) is 6.20 Å². The van der Waals surface area contributed by atoms with Crippen molar-refractivity contribution in [2.24, 2.45) is 5.92 Å². The van der Waals surface area contributed by atoms with Crippen molar-refractivity contribution in [2.75, 3.05) is 0 Å². The van der Waals surface area contributed by atoms with Crippen molar-refractivity contribution < 1.29 is 14.4 Å². The van der Waals surface area contributed by atoms with Crippen LogP contribution in [0.1, 0.15) is 30.0 Å². The average Bonchev–Trinajstić information content (AvgIpc) is 2.82. The van der Waals surface area contributed by atoms with Crippen molar-refractivity contribution in [3.05, 3.63) is 23.7 Å². The van der Waals surface area contributed by atoms with E-state index in [-0.39, 0.29) is 11.3 Å². The molecule has 6 nitrogen and oxygen atoms in total. The van der Waals surface area contributed by atoms with Crippen LogP contribution in [0.15, 0.2) is 16.9 Å². The molecule has 2 N–H and O–H groups in total. The zero-order valence-electron chi connectivity index (χ0n) is 9.60. The standard InChI is InChI=1S/C11H13N3O3/c1-6(2)5-7-8(11(15)16)9(14-17-7)10-12-3-4-13-10/h3-4,6H,5H2,1-2H3,(H,12,13)(H,15,16). The summed E-state index contributed by atoms with van der Waals surface area (Å²) in [6.45, 7) is 3.97. The molecule has 2 heterocycles. The van der Waals surface area contributed by atoms with Gasteiger partial charge in [0.05, 0.1) is 0 Å². The lowest BCUT2D eigenvalue weighted by Crippen LogP contribution is -2.04. The van der Waals surface area contributed by atoms with E-state index in [2.05, 4.69) is 15.1 Å². The summed E-state index contributed by atoms with van der Waals surface area (Å²) >= 11 is 0. The van der Waals surface area contributed by atoms with E-state index in [1.54, 1.807) is 6.20 Å². The Bertz CT molecular complexity index is 514. The first-order chi connectivity index (χ1) is 8.09. The van der Waals surface area contributed by atoms with E-state index in [9.17, 15) is 9.90 Å².